The van der Waals surface area contributed by atoms with E-state index in [0.717, 1.165) is 19.5 Å². The number of nitrogens with zero attached hydrogens (tertiary/aromatic N) is 1. The van der Waals surface area contributed by atoms with Gasteiger partial charge in [-0.3, -0.25) is 9.69 Å². The third-order valence-corrected chi connectivity index (χ3v) is 3.18. The average Bonchev–Trinajstić information content (AvgIpc) is 2.66. The maximum Gasteiger partial charge on any atom is 0.236 e. The number of likely N-dealkylation sites (N-methyl/N-ethyl adjacent to an activating group) is 1. The van der Waals surface area contributed by atoms with Gasteiger partial charge in [-0.2, -0.15) is 0 Å². The van der Waals surface area contributed by atoms with Gasteiger partial charge in [0.15, 0.2) is 0 Å². The topological polar surface area (TPSA) is 44.4 Å². The monoisotopic (exact) mass is 227 g/mol. The Bertz CT molecular complexity index is 230. The van der Waals surface area contributed by atoms with E-state index in [1.807, 2.05) is 13.8 Å². The van der Waals surface area contributed by atoms with E-state index in [0.29, 0.717) is 18.6 Å². The van der Waals surface area contributed by atoms with Crippen LogP contribution in [0.2, 0.25) is 0 Å². The fraction of sp³-hybridized carbons (Fsp3) is 0.917. The molecule has 0 aromatic carbocycles. The first-order valence-corrected chi connectivity index (χ1v) is 6.32. The lowest BCUT2D eigenvalue weighted by Crippen LogP contribution is -2.47. The van der Waals surface area contributed by atoms with Crippen molar-refractivity contribution in [1.29, 1.82) is 0 Å². The van der Waals surface area contributed by atoms with E-state index in [-0.39, 0.29) is 11.9 Å². The molecule has 4 heteroatoms. The molecule has 1 fully saturated rings. The lowest BCUT2D eigenvalue weighted by Gasteiger charge is -2.22. The van der Waals surface area contributed by atoms with Gasteiger partial charge in [0, 0.05) is 25.2 Å². The fourth-order valence-corrected chi connectivity index (χ4v) is 2.15. The number of rotatable bonds is 5. The molecule has 1 rings (SSSR count). The van der Waals surface area contributed by atoms with Gasteiger partial charge < -0.3 is 10.6 Å². The van der Waals surface area contributed by atoms with Crippen molar-refractivity contribution in [3.8, 4) is 0 Å². The van der Waals surface area contributed by atoms with Crippen molar-refractivity contribution in [1.82, 2.24) is 15.5 Å². The van der Waals surface area contributed by atoms with Crippen molar-refractivity contribution in [2.45, 2.75) is 52.2 Å². The molecule has 4 nitrogen and oxygen atoms in total. The van der Waals surface area contributed by atoms with E-state index < -0.39 is 0 Å². The minimum atomic E-state index is -0.0861. The third-order valence-electron chi connectivity index (χ3n) is 3.18. The van der Waals surface area contributed by atoms with Gasteiger partial charge in [0.2, 0.25) is 5.91 Å². The molecule has 1 amide bonds. The van der Waals surface area contributed by atoms with Crippen LogP contribution in [0, 0.1) is 0 Å². The predicted molar refractivity (Wildman–Crippen MR) is 66.4 cm³/mol. The normalized spacial score (nSPS) is 23.7. The van der Waals surface area contributed by atoms with Crippen molar-refractivity contribution < 1.29 is 4.79 Å². The molecule has 0 aromatic heterocycles. The molecule has 2 atom stereocenters. The van der Waals surface area contributed by atoms with Crippen LogP contribution in [0.25, 0.3) is 0 Å². The molecule has 1 aliphatic heterocycles. The smallest absolute Gasteiger partial charge is 0.236 e. The van der Waals surface area contributed by atoms with E-state index in [1.165, 1.54) is 0 Å². The summed E-state index contributed by atoms with van der Waals surface area (Å²) < 4.78 is 0. The standard InChI is InChI=1S/C12H25N3O/c1-5-13-12(16)10(4)14-11-6-7-15(8-11)9(2)3/h9-11,14H,5-8H2,1-4H3,(H,13,16). The summed E-state index contributed by atoms with van der Waals surface area (Å²) in [5.41, 5.74) is 0. The quantitative estimate of drug-likeness (QED) is 0.722. The molecule has 0 bridgehead atoms. The Hall–Kier alpha value is -0.610. The van der Waals surface area contributed by atoms with Crippen LogP contribution in [0.15, 0.2) is 0 Å². The predicted octanol–water partition coefficient (Wildman–Crippen LogP) is 0.583. The SMILES string of the molecule is CCNC(=O)C(C)NC1CCN(C(C)C)C1. The first kappa shape index (κ1) is 13.5. The number of carbonyl (C=O) groups is 1. The van der Waals surface area contributed by atoms with Gasteiger partial charge in [-0.25, -0.2) is 0 Å². The van der Waals surface area contributed by atoms with Crippen molar-refractivity contribution in [2.75, 3.05) is 19.6 Å². The van der Waals surface area contributed by atoms with Gasteiger partial charge in [0.25, 0.3) is 0 Å². The summed E-state index contributed by atoms with van der Waals surface area (Å²) in [6.45, 7) is 11.2. The van der Waals surface area contributed by atoms with Crippen LogP contribution in [0.1, 0.15) is 34.1 Å². The second-order valence-electron chi connectivity index (χ2n) is 4.86. The number of amides is 1. The number of nitrogens with one attached hydrogen (secondary N) is 2. The minimum Gasteiger partial charge on any atom is -0.355 e. The van der Waals surface area contributed by atoms with Gasteiger partial charge in [0.1, 0.15) is 0 Å². The van der Waals surface area contributed by atoms with Crippen LogP contribution in [0.5, 0.6) is 0 Å². The first-order chi connectivity index (χ1) is 7.54. The van der Waals surface area contributed by atoms with Crippen molar-refractivity contribution in [3.63, 3.8) is 0 Å². The highest BCUT2D eigenvalue weighted by Gasteiger charge is 2.26. The molecule has 94 valence electrons. The molecule has 2 unspecified atom stereocenters. The van der Waals surface area contributed by atoms with Crippen LogP contribution < -0.4 is 10.6 Å². The zero-order valence-electron chi connectivity index (χ0n) is 10.9. The first-order valence-electron chi connectivity index (χ1n) is 6.32. The van der Waals surface area contributed by atoms with E-state index >= 15 is 0 Å². The lowest BCUT2D eigenvalue weighted by atomic mass is 10.2. The lowest BCUT2D eigenvalue weighted by molar-refractivity contribution is -0.122. The van der Waals surface area contributed by atoms with Crippen molar-refractivity contribution in [2.24, 2.45) is 0 Å². The second-order valence-corrected chi connectivity index (χ2v) is 4.86. The van der Waals surface area contributed by atoms with Crippen molar-refractivity contribution in [3.05, 3.63) is 0 Å². The van der Waals surface area contributed by atoms with Crippen LogP contribution in [0.4, 0.5) is 0 Å². The summed E-state index contributed by atoms with van der Waals surface area (Å²) in [4.78, 5) is 14.0. The molecule has 0 spiro atoms. The highest BCUT2D eigenvalue weighted by atomic mass is 16.2. The Morgan fingerprint density at radius 2 is 2.12 bits per heavy atom. The number of hydrogen-bond acceptors (Lipinski definition) is 3. The highest BCUT2D eigenvalue weighted by molar-refractivity contribution is 5.81. The summed E-state index contributed by atoms with van der Waals surface area (Å²) in [6, 6.07) is 0.976. The van der Waals surface area contributed by atoms with Crippen LogP contribution in [-0.2, 0) is 4.79 Å². The largest absolute Gasteiger partial charge is 0.355 e. The maximum absolute atomic E-state index is 11.6. The van der Waals surface area contributed by atoms with E-state index in [2.05, 4.69) is 29.4 Å². The Kier molecular flexibility index (Phi) is 5.22. The summed E-state index contributed by atoms with van der Waals surface area (Å²) >= 11 is 0. The van der Waals surface area contributed by atoms with E-state index in [4.69, 9.17) is 0 Å². The van der Waals surface area contributed by atoms with E-state index in [9.17, 15) is 4.79 Å². The number of carbonyl (C=O) groups excluding carboxylic acids is 1. The Balaban J connectivity index is 2.31. The van der Waals surface area contributed by atoms with Gasteiger partial charge in [0.05, 0.1) is 6.04 Å². The van der Waals surface area contributed by atoms with Crippen LogP contribution in [-0.4, -0.2) is 48.6 Å². The number of likely N-dealkylation sites (tertiary alicyclic amines) is 1. The average molecular weight is 227 g/mol. The molecule has 0 aliphatic carbocycles. The van der Waals surface area contributed by atoms with Gasteiger partial charge in [-0.1, -0.05) is 0 Å². The third kappa shape index (κ3) is 3.76. The molecular weight excluding hydrogens is 202 g/mol. The maximum atomic E-state index is 11.6. The zero-order valence-corrected chi connectivity index (χ0v) is 10.9. The minimum absolute atomic E-state index is 0.0861. The zero-order chi connectivity index (χ0) is 12.1. The molecular formula is C12H25N3O. The Morgan fingerprint density at radius 1 is 1.44 bits per heavy atom. The Labute approximate surface area is 98.8 Å². The summed E-state index contributed by atoms with van der Waals surface area (Å²) in [5.74, 6) is 0.102. The molecule has 0 aromatic rings. The van der Waals surface area contributed by atoms with Gasteiger partial charge in [-0.15, -0.1) is 0 Å². The summed E-state index contributed by atoms with van der Waals surface area (Å²) in [7, 11) is 0. The van der Waals surface area contributed by atoms with E-state index in [1.54, 1.807) is 0 Å². The molecule has 1 saturated heterocycles. The summed E-state index contributed by atoms with van der Waals surface area (Å²) in [6.07, 6.45) is 1.14. The second kappa shape index (κ2) is 6.21. The molecule has 16 heavy (non-hydrogen) atoms. The van der Waals surface area contributed by atoms with Crippen LogP contribution >= 0.6 is 0 Å². The summed E-state index contributed by atoms with van der Waals surface area (Å²) in [5, 5.41) is 6.23. The molecule has 1 aliphatic rings. The molecule has 2 N–H and O–H groups in total. The molecule has 1 heterocycles. The highest BCUT2D eigenvalue weighted by Crippen LogP contribution is 2.12. The van der Waals surface area contributed by atoms with Gasteiger partial charge in [-0.05, 0) is 40.7 Å². The molecule has 0 radical (unpaired) electrons. The van der Waals surface area contributed by atoms with Gasteiger partial charge >= 0.3 is 0 Å². The van der Waals surface area contributed by atoms with Crippen molar-refractivity contribution >= 4 is 5.91 Å². The van der Waals surface area contributed by atoms with Crippen LogP contribution in [0.3, 0.4) is 0 Å². The Morgan fingerprint density at radius 3 is 2.62 bits per heavy atom. The molecule has 0 saturated carbocycles. The number of hydrogen-bond donors (Lipinski definition) is 2. The fourth-order valence-electron chi connectivity index (χ4n) is 2.15.